The molecule has 0 spiro atoms. The number of amides is 1. The fraction of sp³-hybridized carbons (Fsp3) is 0.417. The van der Waals surface area contributed by atoms with Gasteiger partial charge in [0.25, 0.3) is 0 Å². The molecule has 0 atom stereocenters. The van der Waals surface area contributed by atoms with Crippen LogP contribution in [0.2, 0.25) is 0 Å². The van der Waals surface area contributed by atoms with Crippen LogP contribution in [0.1, 0.15) is 18.4 Å². The Kier molecular flexibility index (Phi) is 3.41. The number of hydrogen-bond acceptors (Lipinski definition) is 3. The smallest absolute Gasteiger partial charge is 0.238 e. The molecule has 1 aliphatic carbocycles. The van der Waals surface area contributed by atoms with Gasteiger partial charge in [-0.15, -0.1) is 0 Å². The minimum absolute atomic E-state index is 0.188. The summed E-state index contributed by atoms with van der Waals surface area (Å²) in [6.07, 6.45) is 2.88. The summed E-state index contributed by atoms with van der Waals surface area (Å²) >= 11 is 0. The van der Waals surface area contributed by atoms with Gasteiger partial charge >= 0.3 is 0 Å². The second-order valence-corrected chi connectivity index (χ2v) is 4.14. The van der Waals surface area contributed by atoms with Crippen LogP contribution in [-0.2, 0) is 11.2 Å². The molecule has 0 saturated heterocycles. The second kappa shape index (κ2) is 4.99. The quantitative estimate of drug-likeness (QED) is 0.442. The molecule has 2 rings (SSSR count). The lowest BCUT2D eigenvalue weighted by atomic mass is 10.1. The van der Waals surface area contributed by atoms with Gasteiger partial charge in [-0.2, -0.15) is 0 Å². The summed E-state index contributed by atoms with van der Waals surface area (Å²) in [6.45, 7) is 0.808. The fourth-order valence-electron chi connectivity index (χ4n) is 1.44. The highest BCUT2D eigenvalue weighted by Gasteiger charge is 2.21. The van der Waals surface area contributed by atoms with Gasteiger partial charge in [0, 0.05) is 0 Å². The van der Waals surface area contributed by atoms with Crippen molar-refractivity contribution in [2.75, 3.05) is 6.61 Å². The summed E-state index contributed by atoms with van der Waals surface area (Å²) in [5, 5.41) is 0. The predicted octanol–water partition coefficient (Wildman–Crippen LogP) is 1.01. The van der Waals surface area contributed by atoms with Crippen molar-refractivity contribution in [3.05, 3.63) is 29.8 Å². The molecular weight excluding hydrogens is 204 g/mol. The van der Waals surface area contributed by atoms with E-state index in [1.165, 1.54) is 12.8 Å². The van der Waals surface area contributed by atoms with Gasteiger partial charge in [0.15, 0.2) is 0 Å². The van der Waals surface area contributed by atoms with Crippen molar-refractivity contribution in [1.29, 1.82) is 0 Å². The molecule has 0 unspecified atom stereocenters. The van der Waals surface area contributed by atoms with E-state index in [0.717, 1.165) is 23.8 Å². The minimum Gasteiger partial charge on any atom is -0.493 e. The molecule has 4 heteroatoms. The topological polar surface area (TPSA) is 64.3 Å². The molecule has 0 aliphatic heterocycles. The zero-order valence-electron chi connectivity index (χ0n) is 9.11. The van der Waals surface area contributed by atoms with Gasteiger partial charge in [-0.1, -0.05) is 12.1 Å². The number of carbonyl (C=O) groups excluding carboxylic acids is 1. The molecule has 1 amide bonds. The number of rotatable bonds is 5. The minimum atomic E-state index is -0.188. The first kappa shape index (κ1) is 11.0. The summed E-state index contributed by atoms with van der Waals surface area (Å²) in [6, 6.07) is 7.55. The molecule has 86 valence electrons. The van der Waals surface area contributed by atoms with Gasteiger partial charge < -0.3 is 4.74 Å². The number of benzene rings is 1. The highest BCUT2D eigenvalue weighted by atomic mass is 16.5. The maximum Gasteiger partial charge on any atom is 0.238 e. The van der Waals surface area contributed by atoms with E-state index in [0.29, 0.717) is 6.42 Å². The lowest BCUT2D eigenvalue weighted by Gasteiger charge is -2.06. The van der Waals surface area contributed by atoms with Gasteiger partial charge in [0.1, 0.15) is 5.75 Å². The highest BCUT2D eigenvalue weighted by Crippen LogP contribution is 2.29. The Morgan fingerprint density at radius 3 is 2.62 bits per heavy atom. The molecule has 0 radical (unpaired) electrons. The van der Waals surface area contributed by atoms with Crippen molar-refractivity contribution in [3.63, 3.8) is 0 Å². The summed E-state index contributed by atoms with van der Waals surface area (Å²) in [7, 11) is 0. The Balaban J connectivity index is 1.85. The van der Waals surface area contributed by atoms with Crippen LogP contribution in [0.4, 0.5) is 0 Å². The van der Waals surface area contributed by atoms with E-state index in [-0.39, 0.29) is 5.91 Å². The van der Waals surface area contributed by atoms with Gasteiger partial charge in [-0.25, -0.2) is 5.84 Å². The van der Waals surface area contributed by atoms with Gasteiger partial charge in [0.2, 0.25) is 5.91 Å². The Labute approximate surface area is 94.8 Å². The second-order valence-electron chi connectivity index (χ2n) is 4.14. The molecule has 1 aromatic carbocycles. The lowest BCUT2D eigenvalue weighted by Crippen LogP contribution is -2.31. The van der Waals surface area contributed by atoms with Gasteiger partial charge in [-0.3, -0.25) is 10.2 Å². The predicted molar refractivity (Wildman–Crippen MR) is 60.7 cm³/mol. The Bertz CT molecular complexity index is 358. The molecule has 0 bridgehead atoms. The van der Waals surface area contributed by atoms with Gasteiger partial charge in [-0.05, 0) is 36.5 Å². The normalized spacial score (nSPS) is 14.6. The standard InChI is InChI=1S/C12H16N2O2/c13-14-12(15)7-9-3-5-11(6-4-9)16-8-10-1-2-10/h3-6,10H,1-2,7-8,13H2,(H,14,15). The molecule has 1 aliphatic rings. The molecule has 0 aromatic heterocycles. The van der Waals surface area contributed by atoms with Crippen LogP contribution in [0.25, 0.3) is 0 Å². The first-order valence-electron chi connectivity index (χ1n) is 5.49. The molecule has 1 fully saturated rings. The number of ether oxygens (including phenoxy) is 1. The van der Waals surface area contributed by atoms with E-state index in [9.17, 15) is 4.79 Å². The third-order valence-electron chi connectivity index (χ3n) is 2.63. The lowest BCUT2D eigenvalue weighted by molar-refractivity contribution is -0.120. The van der Waals surface area contributed by atoms with Crippen LogP contribution in [0.3, 0.4) is 0 Å². The Hall–Kier alpha value is -1.55. The number of hydrogen-bond donors (Lipinski definition) is 2. The van der Waals surface area contributed by atoms with E-state index in [4.69, 9.17) is 10.6 Å². The number of nitrogens with two attached hydrogens (primary N) is 1. The van der Waals surface area contributed by atoms with Crippen molar-refractivity contribution in [3.8, 4) is 5.75 Å². The maximum absolute atomic E-state index is 11.0. The van der Waals surface area contributed by atoms with Crippen LogP contribution >= 0.6 is 0 Å². The number of carbonyl (C=O) groups is 1. The van der Waals surface area contributed by atoms with Crippen LogP contribution in [0, 0.1) is 5.92 Å². The van der Waals surface area contributed by atoms with Crippen molar-refractivity contribution >= 4 is 5.91 Å². The number of nitrogens with one attached hydrogen (secondary N) is 1. The Morgan fingerprint density at radius 2 is 2.06 bits per heavy atom. The molecule has 4 nitrogen and oxygen atoms in total. The van der Waals surface area contributed by atoms with Crippen molar-refractivity contribution < 1.29 is 9.53 Å². The molecule has 3 N–H and O–H groups in total. The summed E-state index contributed by atoms with van der Waals surface area (Å²) < 4.78 is 5.59. The SMILES string of the molecule is NNC(=O)Cc1ccc(OCC2CC2)cc1. The molecule has 1 aromatic rings. The van der Waals surface area contributed by atoms with Crippen LogP contribution in [-0.4, -0.2) is 12.5 Å². The first-order chi connectivity index (χ1) is 7.78. The van der Waals surface area contributed by atoms with Crippen LogP contribution in [0.5, 0.6) is 5.75 Å². The zero-order chi connectivity index (χ0) is 11.4. The van der Waals surface area contributed by atoms with E-state index in [1.54, 1.807) is 0 Å². The average Bonchev–Trinajstić information content (AvgIpc) is 3.12. The highest BCUT2D eigenvalue weighted by molar-refractivity contribution is 5.77. The third kappa shape index (κ3) is 3.24. The summed E-state index contributed by atoms with van der Waals surface area (Å²) in [5.41, 5.74) is 3.04. The summed E-state index contributed by atoms with van der Waals surface area (Å²) in [4.78, 5) is 11.0. The first-order valence-corrected chi connectivity index (χ1v) is 5.49. The van der Waals surface area contributed by atoms with E-state index >= 15 is 0 Å². The fourth-order valence-corrected chi connectivity index (χ4v) is 1.44. The van der Waals surface area contributed by atoms with Crippen molar-refractivity contribution in [2.24, 2.45) is 11.8 Å². The van der Waals surface area contributed by atoms with E-state index in [2.05, 4.69) is 5.43 Å². The summed E-state index contributed by atoms with van der Waals surface area (Å²) in [5.74, 6) is 6.44. The van der Waals surface area contributed by atoms with Crippen LogP contribution < -0.4 is 16.0 Å². The molecule has 1 saturated carbocycles. The zero-order valence-corrected chi connectivity index (χ0v) is 9.11. The third-order valence-corrected chi connectivity index (χ3v) is 2.63. The van der Waals surface area contributed by atoms with E-state index in [1.807, 2.05) is 24.3 Å². The maximum atomic E-state index is 11.0. The number of hydrazine groups is 1. The largest absolute Gasteiger partial charge is 0.493 e. The molecular formula is C12H16N2O2. The van der Waals surface area contributed by atoms with Crippen LogP contribution in [0.15, 0.2) is 24.3 Å². The Morgan fingerprint density at radius 1 is 1.38 bits per heavy atom. The molecule has 0 heterocycles. The van der Waals surface area contributed by atoms with E-state index < -0.39 is 0 Å². The van der Waals surface area contributed by atoms with Crippen molar-refractivity contribution in [1.82, 2.24) is 5.43 Å². The average molecular weight is 220 g/mol. The van der Waals surface area contributed by atoms with Gasteiger partial charge in [0.05, 0.1) is 13.0 Å². The van der Waals surface area contributed by atoms with Crippen molar-refractivity contribution in [2.45, 2.75) is 19.3 Å². The molecule has 16 heavy (non-hydrogen) atoms. The monoisotopic (exact) mass is 220 g/mol.